The summed E-state index contributed by atoms with van der Waals surface area (Å²) in [6.07, 6.45) is -8.93. The van der Waals surface area contributed by atoms with E-state index in [9.17, 15) is 34.2 Å². The number of rotatable bonds is 10. The number of Topliss-reactive ketones (excluding diaryl/α,β-unsaturated/α-hetero) is 1. The monoisotopic (exact) mass is 853 g/mol. The first-order valence-corrected chi connectivity index (χ1v) is 20.8. The molecule has 3 aromatic carbocycles. The Morgan fingerprint density at radius 3 is 1.94 bits per heavy atom. The second kappa shape index (κ2) is 18.3. The van der Waals surface area contributed by atoms with Gasteiger partial charge in [0.2, 0.25) is 0 Å². The van der Waals surface area contributed by atoms with E-state index in [-0.39, 0.29) is 42.6 Å². The number of fused-ring (bicyclic) bond motifs is 3. The van der Waals surface area contributed by atoms with E-state index in [0.29, 0.717) is 11.1 Å². The molecule has 0 bridgehead atoms. The molecule has 14 heteroatoms. The van der Waals surface area contributed by atoms with Crippen molar-refractivity contribution in [1.82, 2.24) is 5.32 Å². The van der Waals surface area contributed by atoms with E-state index in [4.69, 9.17) is 23.7 Å². The van der Waals surface area contributed by atoms with Gasteiger partial charge in [0.05, 0.1) is 35.6 Å². The van der Waals surface area contributed by atoms with E-state index in [2.05, 4.69) is 5.32 Å². The highest BCUT2D eigenvalue weighted by Gasteiger charge is 2.73. The van der Waals surface area contributed by atoms with Crippen LogP contribution in [0.3, 0.4) is 0 Å². The Morgan fingerprint density at radius 2 is 1.40 bits per heavy atom. The van der Waals surface area contributed by atoms with Gasteiger partial charge in [0.25, 0.3) is 5.91 Å². The van der Waals surface area contributed by atoms with Gasteiger partial charge >= 0.3 is 23.9 Å². The minimum Gasteiger partial charge on any atom is -0.458 e. The maximum atomic E-state index is 15.6. The molecule has 1 saturated carbocycles. The number of ether oxygens (including phenoxy) is 5. The molecule has 0 radical (unpaired) electrons. The lowest BCUT2D eigenvalue weighted by Gasteiger charge is -2.63. The molecule has 2 aliphatic carbocycles. The van der Waals surface area contributed by atoms with E-state index in [1.165, 1.54) is 13.8 Å². The highest BCUT2D eigenvalue weighted by Crippen LogP contribution is 2.58. The van der Waals surface area contributed by atoms with Gasteiger partial charge in [-0.2, -0.15) is 0 Å². The van der Waals surface area contributed by atoms with Gasteiger partial charge < -0.3 is 39.2 Å². The highest BCUT2D eigenvalue weighted by molar-refractivity contribution is 5.96. The van der Waals surface area contributed by atoms with Gasteiger partial charge in [-0.3, -0.25) is 19.2 Å². The Hall–Kier alpha value is -5.70. The highest BCUT2D eigenvalue weighted by atomic mass is 16.6. The van der Waals surface area contributed by atoms with Crippen LogP contribution < -0.4 is 5.32 Å². The molecule has 330 valence electrons. The normalized spacial score (nSPS) is 28.4. The van der Waals surface area contributed by atoms with Crippen LogP contribution in [0.1, 0.15) is 100 Å². The number of carbonyl (C=O) groups is 6. The van der Waals surface area contributed by atoms with Crippen molar-refractivity contribution >= 4 is 35.6 Å². The lowest BCUT2D eigenvalue weighted by atomic mass is 9.51. The molecule has 1 aliphatic heterocycles. The van der Waals surface area contributed by atoms with Gasteiger partial charge in [-0.25, -0.2) is 9.59 Å². The lowest BCUT2D eigenvalue weighted by molar-refractivity contribution is -0.330. The predicted molar refractivity (Wildman–Crippen MR) is 223 cm³/mol. The van der Waals surface area contributed by atoms with Crippen LogP contribution in [0.4, 0.5) is 0 Å². The van der Waals surface area contributed by atoms with Gasteiger partial charge in [-0.1, -0.05) is 87.5 Å². The molecule has 62 heavy (non-hydrogen) atoms. The van der Waals surface area contributed by atoms with Crippen LogP contribution in [0.2, 0.25) is 0 Å². The number of nitrogens with one attached hydrogen (secondary N) is 1. The average Bonchev–Trinajstić information content (AvgIpc) is 3.23. The molecular weight excluding hydrogens is 799 g/mol. The molecule has 3 N–H and O–H groups in total. The predicted octanol–water partition coefficient (Wildman–Crippen LogP) is 5.40. The third kappa shape index (κ3) is 9.09. The number of benzene rings is 3. The Bertz CT molecular complexity index is 2190. The number of ketones is 1. The van der Waals surface area contributed by atoms with Crippen molar-refractivity contribution in [2.75, 3.05) is 6.61 Å². The van der Waals surface area contributed by atoms with E-state index < -0.39 is 101 Å². The fraction of sp³-hybridized carbons (Fsp3) is 0.458. The number of aliphatic hydroxyl groups excluding tert-OH is 2. The van der Waals surface area contributed by atoms with Gasteiger partial charge in [0.1, 0.15) is 18.3 Å². The van der Waals surface area contributed by atoms with Gasteiger partial charge in [-0.05, 0) is 73.1 Å². The van der Waals surface area contributed by atoms with E-state index in [0.717, 1.165) is 6.92 Å². The third-order valence-corrected chi connectivity index (χ3v) is 12.4. The molecule has 1 amide bonds. The smallest absolute Gasteiger partial charge is 0.338 e. The molecule has 1 heterocycles. The molecule has 3 aliphatic rings. The fourth-order valence-corrected chi connectivity index (χ4v) is 9.50. The van der Waals surface area contributed by atoms with Crippen molar-refractivity contribution in [3.63, 3.8) is 0 Å². The maximum absolute atomic E-state index is 15.6. The average molecular weight is 854 g/mol. The Labute approximate surface area is 360 Å². The largest absolute Gasteiger partial charge is 0.458 e. The number of amides is 1. The van der Waals surface area contributed by atoms with Crippen LogP contribution >= 0.6 is 0 Å². The van der Waals surface area contributed by atoms with Crippen LogP contribution in [0.15, 0.2) is 102 Å². The first-order chi connectivity index (χ1) is 29.3. The molecule has 1 unspecified atom stereocenters. The number of carbonyl (C=O) groups excluding carboxylic acids is 6. The minimum absolute atomic E-state index is 0.103. The van der Waals surface area contributed by atoms with Gasteiger partial charge in [-0.15, -0.1) is 0 Å². The maximum Gasteiger partial charge on any atom is 0.338 e. The standard InChI is InChI=1S/C48H55NO13/c1-27-33(60-45(57)39(53)38(30-17-11-8-12-18-30)49-43(55)31-19-13-9-14-20-31)23-24-34(61-44(56)32-21-15-10-16-22-32)41-47(7,35(52)25-36-48(41,26-58-36)62-29(3)51)42(54)40(59-28(2)50)37(27)46(4,5)6/h8-22,33-36,38-41,52-53H,23-26H2,1-7H3,(H,49,55)/t33-,34+,35-,36+,38?,39+,40+,41-,47+,48-/m0/s1. The molecule has 14 nitrogen and oxygen atoms in total. The summed E-state index contributed by atoms with van der Waals surface area (Å²) in [6.45, 7) is 10.6. The summed E-state index contributed by atoms with van der Waals surface area (Å²) in [6, 6.07) is 23.5. The summed E-state index contributed by atoms with van der Waals surface area (Å²) in [7, 11) is 0. The van der Waals surface area contributed by atoms with E-state index in [1.807, 2.05) is 0 Å². The van der Waals surface area contributed by atoms with Gasteiger partial charge in [0.15, 0.2) is 23.6 Å². The number of hydrogen-bond donors (Lipinski definition) is 3. The first kappa shape index (κ1) is 45.8. The molecular formula is C48H55NO13. The summed E-state index contributed by atoms with van der Waals surface area (Å²) in [5.74, 6) is -6.03. The molecule has 0 spiro atoms. The Balaban J connectivity index is 1.50. The topological polar surface area (TPSA) is 201 Å². The van der Waals surface area contributed by atoms with Gasteiger partial charge in [0, 0.05) is 25.8 Å². The quantitative estimate of drug-likeness (QED) is 0.133. The zero-order chi connectivity index (χ0) is 45.1. The van der Waals surface area contributed by atoms with Crippen LogP contribution in [-0.4, -0.2) is 94.6 Å². The van der Waals surface area contributed by atoms with E-state index in [1.54, 1.807) is 119 Å². The van der Waals surface area contributed by atoms with E-state index >= 15 is 4.79 Å². The van der Waals surface area contributed by atoms with Crippen molar-refractivity contribution in [2.24, 2.45) is 16.7 Å². The molecule has 6 rings (SSSR count). The molecule has 2 fully saturated rings. The second-order valence-corrected chi connectivity index (χ2v) is 17.5. The zero-order valence-electron chi connectivity index (χ0n) is 36.0. The summed E-state index contributed by atoms with van der Waals surface area (Å²) < 4.78 is 30.5. The van der Waals surface area contributed by atoms with Crippen LogP contribution in [0.5, 0.6) is 0 Å². The van der Waals surface area contributed by atoms with Crippen LogP contribution in [0.25, 0.3) is 0 Å². The molecule has 10 atom stereocenters. The molecule has 3 aromatic rings. The first-order valence-electron chi connectivity index (χ1n) is 20.8. The SMILES string of the molecule is CC(=O)O[C@H]1C(=O)[C@@]2(C)[C@H]([C@H](OC(=O)c3ccccc3)CC[C@H](OC(=O)[C@H](O)C(NC(=O)c3ccccc3)c3ccccc3)C(C)=C1C(C)(C)C)[C@]1(OC(C)=O)CO[C@@H]1C[C@@H]2O. The van der Waals surface area contributed by atoms with Crippen LogP contribution in [0, 0.1) is 16.7 Å². The lowest BCUT2D eigenvalue weighted by Crippen LogP contribution is -2.77. The number of hydrogen-bond acceptors (Lipinski definition) is 13. The summed E-state index contributed by atoms with van der Waals surface area (Å²) in [4.78, 5) is 83.4. The van der Waals surface area contributed by atoms with Crippen molar-refractivity contribution < 1.29 is 62.7 Å². The van der Waals surface area contributed by atoms with Crippen LogP contribution in [-0.2, 0) is 42.9 Å². The van der Waals surface area contributed by atoms with Crippen molar-refractivity contribution in [3.05, 3.63) is 119 Å². The molecule has 1 saturated heterocycles. The third-order valence-electron chi connectivity index (χ3n) is 12.4. The van der Waals surface area contributed by atoms with Crippen molar-refractivity contribution in [3.8, 4) is 0 Å². The molecule has 0 aromatic heterocycles. The second-order valence-electron chi connectivity index (χ2n) is 17.5. The Kier molecular flexibility index (Phi) is 13.6. The number of aliphatic hydroxyl groups is 2. The Morgan fingerprint density at radius 1 is 0.823 bits per heavy atom. The van der Waals surface area contributed by atoms with Crippen molar-refractivity contribution in [2.45, 2.75) is 116 Å². The van der Waals surface area contributed by atoms with Crippen molar-refractivity contribution in [1.29, 1.82) is 0 Å². The summed E-state index contributed by atoms with van der Waals surface area (Å²) >= 11 is 0. The fourth-order valence-electron chi connectivity index (χ4n) is 9.50. The number of esters is 4. The summed E-state index contributed by atoms with van der Waals surface area (Å²) in [5.41, 5.74) is -2.99. The zero-order valence-corrected chi connectivity index (χ0v) is 36.0. The minimum atomic E-state index is -1.96. The summed E-state index contributed by atoms with van der Waals surface area (Å²) in [5, 5.41) is 26.7.